The summed E-state index contributed by atoms with van der Waals surface area (Å²) in [6.07, 6.45) is 1.67. The number of hydrogen-bond donors (Lipinski definition) is 3. The van der Waals surface area contributed by atoms with Crippen LogP contribution in [0.15, 0.2) is 48.7 Å². The van der Waals surface area contributed by atoms with Gasteiger partial charge in [0, 0.05) is 63.6 Å². The van der Waals surface area contributed by atoms with Gasteiger partial charge in [-0.05, 0) is 24.3 Å². The van der Waals surface area contributed by atoms with E-state index in [9.17, 15) is 19.8 Å². The summed E-state index contributed by atoms with van der Waals surface area (Å²) in [6.45, 7) is 4.29. The number of carboxylic acids is 1. The minimum absolute atomic E-state index is 0.0427. The minimum Gasteiger partial charge on any atom is -0.508 e. The van der Waals surface area contributed by atoms with Crippen molar-refractivity contribution in [3.05, 3.63) is 54.4 Å². The first-order valence-corrected chi connectivity index (χ1v) is 9.66. The van der Waals surface area contributed by atoms with Gasteiger partial charge in [-0.2, -0.15) is 0 Å². The maximum atomic E-state index is 12.2. The Kier molecular flexibility index (Phi) is 7.15. The fraction of sp³-hybridized carbons (Fsp3) is 0.381. The molecule has 1 fully saturated rings. The van der Waals surface area contributed by atoms with E-state index in [-0.39, 0.29) is 18.1 Å². The Morgan fingerprint density at radius 1 is 1.07 bits per heavy atom. The molecular weight excluding hydrogens is 372 g/mol. The molecule has 1 aliphatic heterocycles. The number of phenolic OH excluding ortho intramolecular Hbond substituents is 1. The highest BCUT2D eigenvalue weighted by Crippen LogP contribution is 2.17. The molecule has 8 nitrogen and oxygen atoms in total. The number of nitrogens with zero attached hydrogens (tertiary/aromatic N) is 3. The Morgan fingerprint density at radius 3 is 2.48 bits per heavy atom. The van der Waals surface area contributed by atoms with Crippen molar-refractivity contribution in [2.45, 2.75) is 13.0 Å². The normalized spacial score (nSPS) is 16.3. The number of amides is 1. The first kappa shape index (κ1) is 20.8. The number of anilines is 1. The molecule has 0 spiro atoms. The Balaban J connectivity index is 1.47. The molecule has 1 aliphatic rings. The number of aromatic hydroxyl groups is 1. The van der Waals surface area contributed by atoms with Crippen LogP contribution >= 0.6 is 0 Å². The van der Waals surface area contributed by atoms with Crippen molar-refractivity contribution >= 4 is 17.6 Å². The molecule has 2 heterocycles. The number of phenols is 1. The third-order valence-corrected chi connectivity index (χ3v) is 4.97. The maximum Gasteiger partial charge on any atom is 0.308 e. The quantitative estimate of drug-likeness (QED) is 0.621. The van der Waals surface area contributed by atoms with Crippen LogP contribution in [0.25, 0.3) is 0 Å². The lowest BCUT2D eigenvalue weighted by Gasteiger charge is -2.35. The van der Waals surface area contributed by atoms with Crippen molar-refractivity contribution in [2.75, 3.05) is 38.0 Å². The number of carboxylic acid groups (broad SMARTS) is 1. The van der Waals surface area contributed by atoms with Crippen LogP contribution in [0.1, 0.15) is 12.1 Å². The lowest BCUT2D eigenvalue weighted by Crippen LogP contribution is -2.48. The molecule has 0 unspecified atom stereocenters. The van der Waals surface area contributed by atoms with E-state index >= 15 is 0 Å². The molecule has 1 aromatic heterocycles. The molecule has 3 rings (SSSR count). The number of pyridine rings is 1. The summed E-state index contributed by atoms with van der Waals surface area (Å²) in [7, 11) is 0. The number of hydrogen-bond acceptors (Lipinski definition) is 6. The van der Waals surface area contributed by atoms with E-state index in [1.54, 1.807) is 18.3 Å². The molecule has 0 bridgehead atoms. The monoisotopic (exact) mass is 398 g/mol. The number of benzene rings is 1. The van der Waals surface area contributed by atoms with Gasteiger partial charge in [-0.3, -0.25) is 24.4 Å². The van der Waals surface area contributed by atoms with Crippen molar-refractivity contribution < 1.29 is 19.8 Å². The van der Waals surface area contributed by atoms with Gasteiger partial charge in [-0.15, -0.1) is 0 Å². The summed E-state index contributed by atoms with van der Waals surface area (Å²) >= 11 is 0. The summed E-state index contributed by atoms with van der Waals surface area (Å²) < 4.78 is 0. The number of rotatable bonds is 8. The Morgan fingerprint density at radius 2 is 1.83 bits per heavy atom. The van der Waals surface area contributed by atoms with Crippen LogP contribution in [0.2, 0.25) is 0 Å². The summed E-state index contributed by atoms with van der Waals surface area (Å²) in [6, 6.07) is 12.1. The molecular formula is C21H26N4O4. The van der Waals surface area contributed by atoms with E-state index in [4.69, 9.17) is 0 Å². The Labute approximate surface area is 169 Å². The smallest absolute Gasteiger partial charge is 0.308 e. The molecule has 8 heteroatoms. The second-order valence-electron chi connectivity index (χ2n) is 7.24. The van der Waals surface area contributed by atoms with Gasteiger partial charge in [0.1, 0.15) is 5.75 Å². The minimum atomic E-state index is -0.980. The Bertz CT molecular complexity index is 822. The molecule has 1 atom stereocenters. The van der Waals surface area contributed by atoms with E-state index in [1.807, 2.05) is 18.2 Å². The number of carbonyl (C=O) groups excluding carboxylic acids is 1. The van der Waals surface area contributed by atoms with Gasteiger partial charge >= 0.3 is 5.97 Å². The highest BCUT2D eigenvalue weighted by molar-refractivity contribution is 5.93. The lowest BCUT2D eigenvalue weighted by molar-refractivity contribution is -0.144. The second-order valence-corrected chi connectivity index (χ2v) is 7.24. The topological polar surface area (TPSA) is 106 Å². The predicted octanol–water partition coefficient (Wildman–Crippen LogP) is 1.63. The Hall–Kier alpha value is -2.97. The van der Waals surface area contributed by atoms with Crippen LogP contribution < -0.4 is 5.32 Å². The molecule has 0 saturated carbocycles. The summed E-state index contributed by atoms with van der Waals surface area (Å²) in [5.41, 5.74) is 1.47. The van der Waals surface area contributed by atoms with Crippen LogP contribution in [0.5, 0.6) is 5.75 Å². The van der Waals surface area contributed by atoms with E-state index in [0.717, 1.165) is 38.4 Å². The van der Waals surface area contributed by atoms with Crippen molar-refractivity contribution in [1.82, 2.24) is 14.8 Å². The highest BCUT2D eigenvalue weighted by Gasteiger charge is 2.26. The zero-order valence-corrected chi connectivity index (χ0v) is 16.2. The maximum absolute atomic E-state index is 12.2. The van der Waals surface area contributed by atoms with Gasteiger partial charge in [0.25, 0.3) is 0 Å². The molecule has 0 radical (unpaired) electrons. The molecule has 3 N–H and O–H groups in total. The van der Waals surface area contributed by atoms with E-state index < -0.39 is 11.9 Å². The molecule has 1 amide bonds. The first-order valence-electron chi connectivity index (χ1n) is 9.66. The molecule has 1 saturated heterocycles. The third kappa shape index (κ3) is 6.55. The molecule has 29 heavy (non-hydrogen) atoms. The number of aliphatic carboxylic acids is 1. The number of carbonyl (C=O) groups is 2. The van der Waals surface area contributed by atoms with Crippen LogP contribution in [0.4, 0.5) is 5.69 Å². The number of aromatic nitrogens is 1. The van der Waals surface area contributed by atoms with Gasteiger partial charge in [-0.1, -0.05) is 12.1 Å². The second kappa shape index (κ2) is 9.99. The van der Waals surface area contributed by atoms with E-state index in [0.29, 0.717) is 12.2 Å². The molecule has 2 aromatic rings. The van der Waals surface area contributed by atoms with Crippen LogP contribution in [0, 0.1) is 5.92 Å². The van der Waals surface area contributed by atoms with Crippen LogP contribution in [0.3, 0.4) is 0 Å². The van der Waals surface area contributed by atoms with Crippen LogP contribution in [-0.4, -0.2) is 69.6 Å². The number of nitrogens with one attached hydrogen (secondary N) is 1. The first-order chi connectivity index (χ1) is 14.0. The van der Waals surface area contributed by atoms with Crippen LogP contribution in [-0.2, 0) is 16.1 Å². The van der Waals surface area contributed by atoms with Crippen molar-refractivity contribution in [3.63, 3.8) is 0 Å². The third-order valence-electron chi connectivity index (χ3n) is 4.97. The fourth-order valence-electron chi connectivity index (χ4n) is 3.41. The van der Waals surface area contributed by atoms with Gasteiger partial charge < -0.3 is 15.5 Å². The van der Waals surface area contributed by atoms with Crippen molar-refractivity contribution in [2.24, 2.45) is 5.92 Å². The lowest BCUT2D eigenvalue weighted by atomic mass is 10.0. The van der Waals surface area contributed by atoms with Gasteiger partial charge in [0.2, 0.25) is 5.91 Å². The average molecular weight is 398 g/mol. The van der Waals surface area contributed by atoms with E-state index in [1.165, 1.54) is 12.1 Å². The SMILES string of the molecule is O=C(C[C@@H](CN1CCN(Cc2ccccn2)CC1)C(=O)O)Nc1cccc(O)c1. The van der Waals surface area contributed by atoms with Gasteiger partial charge in [-0.25, -0.2) is 0 Å². The summed E-state index contributed by atoms with van der Waals surface area (Å²) in [5, 5.41) is 21.7. The standard InChI is InChI=1S/C21H26N4O4/c26-19-6-3-5-17(13-19)23-20(27)12-16(21(28)29)14-24-8-10-25(11-9-24)15-18-4-1-2-7-22-18/h1-7,13,16,26H,8-12,14-15H2,(H,23,27)(H,28,29)/t16-/m0/s1. The summed E-state index contributed by atoms with van der Waals surface area (Å²) in [5.74, 6) is -2.10. The zero-order chi connectivity index (χ0) is 20.6. The average Bonchev–Trinajstić information content (AvgIpc) is 2.69. The van der Waals surface area contributed by atoms with E-state index in [2.05, 4.69) is 20.1 Å². The molecule has 154 valence electrons. The van der Waals surface area contributed by atoms with Crippen molar-refractivity contribution in [1.29, 1.82) is 0 Å². The predicted molar refractivity (Wildman–Crippen MR) is 108 cm³/mol. The summed E-state index contributed by atoms with van der Waals surface area (Å²) in [4.78, 5) is 32.6. The largest absolute Gasteiger partial charge is 0.508 e. The van der Waals surface area contributed by atoms with Gasteiger partial charge in [0.15, 0.2) is 0 Å². The molecule has 0 aliphatic carbocycles. The number of piperazine rings is 1. The molecule has 1 aromatic carbocycles. The highest BCUT2D eigenvalue weighted by atomic mass is 16.4. The fourth-order valence-corrected chi connectivity index (χ4v) is 3.41. The van der Waals surface area contributed by atoms with Crippen molar-refractivity contribution in [3.8, 4) is 5.75 Å². The van der Waals surface area contributed by atoms with Gasteiger partial charge in [0.05, 0.1) is 11.6 Å². The zero-order valence-electron chi connectivity index (χ0n) is 16.2.